The molecular weight excluding hydrogens is 234 g/mol. The number of anilines is 1. The van der Waals surface area contributed by atoms with E-state index in [1.165, 1.54) is 11.0 Å². The number of benzene rings is 1. The monoisotopic (exact) mass is 251 g/mol. The van der Waals surface area contributed by atoms with E-state index in [2.05, 4.69) is 11.0 Å². The van der Waals surface area contributed by atoms with Gasteiger partial charge in [-0.2, -0.15) is 0 Å². The summed E-state index contributed by atoms with van der Waals surface area (Å²) in [5.41, 5.74) is 2.27. The van der Waals surface area contributed by atoms with E-state index in [-0.39, 0.29) is 11.8 Å². The smallest absolute Gasteiger partial charge is 0.173 e. The fourth-order valence-corrected chi connectivity index (χ4v) is 3.47. The number of rotatable bonds is 3. The first-order valence-electron chi connectivity index (χ1n) is 5.76. The molecule has 3 nitrogen and oxygen atoms in total. The van der Waals surface area contributed by atoms with Crippen LogP contribution >= 0.6 is 0 Å². The Bertz CT molecular complexity index is 534. The molecule has 1 aliphatic heterocycles. The number of nitrogens with zero attached hydrogens (tertiary/aromatic N) is 1. The first-order chi connectivity index (χ1) is 8.02. The van der Waals surface area contributed by atoms with Crippen LogP contribution in [0.5, 0.6) is 0 Å². The van der Waals surface area contributed by atoms with Gasteiger partial charge in [0.2, 0.25) is 0 Å². The first kappa shape index (κ1) is 12.2. The number of aryl methyl sites for hydroxylation is 1. The lowest BCUT2D eigenvalue weighted by atomic mass is 10.1. The Kier molecular flexibility index (Phi) is 3.24. The van der Waals surface area contributed by atoms with Crippen molar-refractivity contribution in [3.05, 3.63) is 41.3 Å². The molecule has 0 N–H and O–H groups in total. The number of hydrogen-bond donors (Lipinski definition) is 0. The molecule has 0 aromatic heterocycles. The Morgan fingerprint density at radius 1 is 1.41 bits per heavy atom. The summed E-state index contributed by atoms with van der Waals surface area (Å²) in [7, 11) is -2.99. The predicted octanol–water partition coefficient (Wildman–Crippen LogP) is 2.13. The zero-order chi connectivity index (χ0) is 12.5. The fraction of sp³-hybridized carbons (Fsp3) is 0.385. The van der Waals surface area contributed by atoms with Crippen molar-refractivity contribution in [2.75, 3.05) is 17.2 Å². The van der Waals surface area contributed by atoms with Crippen LogP contribution in [-0.2, 0) is 9.84 Å². The Morgan fingerprint density at radius 3 is 2.71 bits per heavy atom. The van der Waals surface area contributed by atoms with E-state index in [0.29, 0.717) is 0 Å². The van der Waals surface area contributed by atoms with E-state index in [9.17, 15) is 8.42 Å². The van der Waals surface area contributed by atoms with E-state index in [4.69, 9.17) is 0 Å². The average Bonchev–Trinajstić information content (AvgIpc) is 2.60. The molecule has 92 valence electrons. The molecule has 1 heterocycles. The zero-order valence-corrected chi connectivity index (χ0v) is 10.9. The summed E-state index contributed by atoms with van der Waals surface area (Å²) in [6.45, 7) is 4.88. The third-order valence-electron chi connectivity index (χ3n) is 2.99. The molecule has 1 aromatic carbocycles. The molecule has 0 fully saturated rings. The Balaban J connectivity index is 2.27. The summed E-state index contributed by atoms with van der Waals surface area (Å²) in [6, 6.07) is 8.11. The highest BCUT2D eigenvalue weighted by Crippen LogP contribution is 2.22. The lowest BCUT2D eigenvalue weighted by Gasteiger charge is -2.28. The predicted molar refractivity (Wildman–Crippen MR) is 70.9 cm³/mol. The standard InChI is InChI=1S/C13H17NO2S/c1-3-14(12-6-4-5-11(2)9-12)13-7-8-17(15,16)10-13/h4-9,13H,3,10H2,1-2H3/t13-/m0/s1. The molecule has 0 bridgehead atoms. The fourth-order valence-electron chi connectivity index (χ4n) is 2.17. The van der Waals surface area contributed by atoms with E-state index in [1.807, 2.05) is 32.0 Å². The molecule has 1 aliphatic rings. The van der Waals surface area contributed by atoms with Gasteiger partial charge in [0, 0.05) is 17.6 Å². The molecule has 1 aromatic rings. The van der Waals surface area contributed by atoms with Gasteiger partial charge in [-0.05, 0) is 37.6 Å². The van der Waals surface area contributed by atoms with Crippen molar-refractivity contribution in [1.82, 2.24) is 0 Å². The Morgan fingerprint density at radius 2 is 2.18 bits per heavy atom. The molecule has 17 heavy (non-hydrogen) atoms. The largest absolute Gasteiger partial charge is 0.364 e. The quantitative estimate of drug-likeness (QED) is 0.826. The number of hydrogen-bond acceptors (Lipinski definition) is 3. The van der Waals surface area contributed by atoms with Crippen molar-refractivity contribution >= 4 is 15.5 Å². The minimum Gasteiger partial charge on any atom is -0.364 e. The van der Waals surface area contributed by atoms with Gasteiger partial charge in [0.1, 0.15) is 0 Å². The molecule has 2 rings (SSSR count). The lowest BCUT2D eigenvalue weighted by Crippen LogP contribution is -2.35. The zero-order valence-electron chi connectivity index (χ0n) is 10.1. The maximum absolute atomic E-state index is 11.4. The van der Waals surface area contributed by atoms with Crippen LogP contribution in [0.25, 0.3) is 0 Å². The second kappa shape index (κ2) is 4.53. The average molecular weight is 251 g/mol. The van der Waals surface area contributed by atoms with Gasteiger partial charge in [-0.3, -0.25) is 0 Å². The Hall–Kier alpha value is -1.29. The van der Waals surface area contributed by atoms with Crippen LogP contribution in [0.15, 0.2) is 35.7 Å². The summed E-state index contributed by atoms with van der Waals surface area (Å²) in [6.07, 6.45) is 1.78. The minimum atomic E-state index is -2.99. The van der Waals surface area contributed by atoms with Gasteiger partial charge in [-0.15, -0.1) is 0 Å². The van der Waals surface area contributed by atoms with E-state index < -0.39 is 9.84 Å². The van der Waals surface area contributed by atoms with E-state index >= 15 is 0 Å². The van der Waals surface area contributed by atoms with Crippen molar-refractivity contribution in [3.8, 4) is 0 Å². The summed E-state index contributed by atoms with van der Waals surface area (Å²) in [5.74, 6) is 0.189. The molecule has 0 saturated carbocycles. The molecule has 0 amide bonds. The van der Waals surface area contributed by atoms with Gasteiger partial charge in [0.25, 0.3) is 0 Å². The molecule has 0 spiro atoms. The van der Waals surface area contributed by atoms with Crippen LogP contribution in [-0.4, -0.2) is 26.8 Å². The van der Waals surface area contributed by atoms with Crippen molar-refractivity contribution in [2.45, 2.75) is 19.9 Å². The number of likely N-dealkylation sites (N-methyl/N-ethyl adjacent to an activating group) is 1. The minimum absolute atomic E-state index is 0.0354. The van der Waals surface area contributed by atoms with Crippen LogP contribution in [0.3, 0.4) is 0 Å². The van der Waals surface area contributed by atoms with Crippen LogP contribution in [0.1, 0.15) is 12.5 Å². The van der Waals surface area contributed by atoms with Crippen molar-refractivity contribution < 1.29 is 8.42 Å². The van der Waals surface area contributed by atoms with Gasteiger partial charge >= 0.3 is 0 Å². The molecule has 0 unspecified atom stereocenters. The normalized spacial score (nSPS) is 21.6. The van der Waals surface area contributed by atoms with E-state index in [0.717, 1.165) is 12.2 Å². The summed E-state index contributed by atoms with van der Waals surface area (Å²) in [5, 5.41) is 1.33. The van der Waals surface area contributed by atoms with Crippen LogP contribution in [0.4, 0.5) is 5.69 Å². The second-order valence-corrected chi connectivity index (χ2v) is 6.28. The van der Waals surface area contributed by atoms with E-state index in [1.54, 1.807) is 6.08 Å². The lowest BCUT2D eigenvalue weighted by molar-refractivity contribution is 0.602. The maximum Gasteiger partial charge on any atom is 0.173 e. The van der Waals surface area contributed by atoms with Crippen molar-refractivity contribution in [2.24, 2.45) is 0 Å². The molecule has 0 radical (unpaired) electrons. The van der Waals surface area contributed by atoms with Crippen LogP contribution < -0.4 is 4.90 Å². The number of sulfone groups is 1. The first-order valence-corrected chi connectivity index (χ1v) is 7.47. The molecule has 0 aliphatic carbocycles. The molecular formula is C13H17NO2S. The molecule has 0 saturated heterocycles. The molecule has 4 heteroatoms. The Labute approximate surface area is 103 Å². The van der Waals surface area contributed by atoms with Gasteiger partial charge < -0.3 is 4.90 Å². The highest BCUT2D eigenvalue weighted by Gasteiger charge is 2.26. The summed E-state index contributed by atoms with van der Waals surface area (Å²) < 4.78 is 22.9. The third kappa shape index (κ3) is 2.69. The van der Waals surface area contributed by atoms with Crippen LogP contribution in [0, 0.1) is 6.92 Å². The van der Waals surface area contributed by atoms with Gasteiger partial charge in [0.15, 0.2) is 9.84 Å². The summed E-state index contributed by atoms with van der Waals surface area (Å²) >= 11 is 0. The van der Waals surface area contributed by atoms with Gasteiger partial charge in [-0.25, -0.2) is 8.42 Å². The van der Waals surface area contributed by atoms with Gasteiger partial charge in [-0.1, -0.05) is 12.1 Å². The maximum atomic E-state index is 11.4. The second-order valence-electron chi connectivity index (χ2n) is 4.35. The highest BCUT2D eigenvalue weighted by atomic mass is 32.2. The summed E-state index contributed by atoms with van der Waals surface area (Å²) in [4.78, 5) is 2.12. The van der Waals surface area contributed by atoms with Crippen molar-refractivity contribution in [3.63, 3.8) is 0 Å². The third-order valence-corrected chi connectivity index (χ3v) is 4.36. The van der Waals surface area contributed by atoms with Crippen molar-refractivity contribution in [1.29, 1.82) is 0 Å². The molecule has 1 atom stereocenters. The SMILES string of the molecule is CCN(c1cccc(C)c1)[C@H]1C=CS(=O)(=O)C1. The van der Waals surface area contributed by atoms with Gasteiger partial charge in [0.05, 0.1) is 11.8 Å². The highest BCUT2D eigenvalue weighted by molar-refractivity contribution is 7.94. The topological polar surface area (TPSA) is 37.4 Å². The van der Waals surface area contributed by atoms with Crippen LogP contribution in [0.2, 0.25) is 0 Å².